The van der Waals surface area contributed by atoms with Crippen LogP contribution in [0.3, 0.4) is 0 Å². The lowest BCUT2D eigenvalue weighted by Gasteiger charge is -2.24. The van der Waals surface area contributed by atoms with Crippen LogP contribution in [-0.4, -0.2) is 26.4 Å². The second kappa shape index (κ2) is 8.20. The number of likely N-dealkylation sites (tertiary alicyclic amines) is 1. The highest BCUT2D eigenvalue weighted by atomic mass is 32.1. The molecule has 1 saturated heterocycles. The van der Waals surface area contributed by atoms with E-state index in [4.69, 9.17) is 9.62 Å². The van der Waals surface area contributed by atoms with Crippen molar-refractivity contribution in [2.75, 3.05) is 6.54 Å². The van der Waals surface area contributed by atoms with Crippen LogP contribution in [0.2, 0.25) is 0 Å². The molecule has 3 aromatic heterocycles. The molecule has 0 N–H and O–H groups in total. The van der Waals surface area contributed by atoms with Crippen molar-refractivity contribution in [3.8, 4) is 16.3 Å². The van der Waals surface area contributed by atoms with Crippen LogP contribution in [0.25, 0.3) is 16.3 Å². The molecule has 0 radical (unpaired) electrons. The molecule has 30 heavy (non-hydrogen) atoms. The number of hydrogen-bond acceptors (Lipinski definition) is 5. The van der Waals surface area contributed by atoms with Gasteiger partial charge in [-0.25, -0.2) is 4.68 Å². The van der Waals surface area contributed by atoms with Crippen LogP contribution < -0.4 is 0 Å². The number of hydrogen-bond donors (Lipinski definition) is 0. The predicted octanol–water partition coefficient (Wildman–Crippen LogP) is 5.80. The summed E-state index contributed by atoms with van der Waals surface area (Å²) in [5, 5.41) is 11.4. The summed E-state index contributed by atoms with van der Waals surface area (Å²) in [6.07, 6.45) is 5.42. The van der Waals surface area contributed by atoms with Crippen LogP contribution in [0.1, 0.15) is 48.4 Å². The SMILES string of the molecule is CCc1onc(C)c1[C@@H]1CCCN1Cc1cn(-c2ccccc2)nc1-c1cccs1. The summed E-state index contributed by atoms with van der Waals surface area (Å²) in [5.41, 5.74) is 5.76. The van der Waals surface area contributed by atoms with E-state index < -0.39 is 0 Å². The van der Waals surface area contributed by atoms with Crippen molar-refractivity contribution in [2.24, 2.45) is 0 Å². The van der Waals surface area contributed by atoms with E-state index in [1.807, 2.05) is 10.7 Å². The number of para-hydroxylation sites is 1. The standard InChI is InChI=1S/C24H26N4OS/c1-3-21-23(17(2)26-29-21)20-11-7-13-27(20)15-18-16-28(19-9-5-4-6-10-19)25-24(18)22-12-8-14-30-22/h4-6,8-10,12,14,16,20H,3,7,11,13,15H2,1-2H3/t20-/m0/s1. The average Bonchev–Trinajstić information content (AvgIpc) is 3.56. The number of aromatic nitrogens is 3. The van der Waals surface area contributed by atoms with Crippen LogP contribution >= 0.6 is 11.3 Å². The second-order valence-corrected chi connectivity index (χ2v) is 8.79. The Morgan fingerprint density at radius 2 is 2.03 bits per heavy atom. The molecule has 0 spiro atoms. The Balaban J connectivity index is 1.50. The number of rotatable bonds is 6. The van der Waals surface area contributed by atoms with E-state index in [9.17, 15) is 0 Å². The highest BCUT2D eigenvalue weighted by Crippen LogP contribution is 2.38. The first kappa shape index (κ1) is 19.3. The first-order chi connectivity index (χ1) is 14.7. The van der Waals surface area contributed by atoms with Crippen molar-refractivity contribution in [1.29, 1.82) is 0 Å². The van der Waals surface area contributed by atoms with Gasteiger partial charge in [-0.3, -0.25) is 4.90 Å². The molecule has 5 rings (SSSR count). The van der Waals surface area contributed by atoms with Gasteiger partial charge < -0.3 is 4.52 Å². The topological polar surface area (TPSA) is 47.1 Å². The van der Waals surface area contributed by atoms with Gasteiger partial charge in [-0.2, -0.15) is 5.10 Å². The largest absolute Gasteiger partial charge is 0.361 e. The molecule has 0 amide bonds. The maximum absolute atomic E-state index is 5.61. The van der Waals surface area contributed by atoms with Crippen molar-refractivity contribution < 1.29 is 4.52 Å². The summed E-state index contributed by atoms with van der Waals surface area (Å²) in [6, 6.07) is 15.0. The fourth-order valence-electron chi connectivity index (χ4n) is 4.53. The van der Waals surface area contributed by atoms with Crippen LogP contribution in [0.5, 0.6) is 0 Å². The molecule has 4 heterocycles. The zero-order chi connectivity index (χ0) is 20.5. The molecule has 6 heteroatoms. The van der Waals surface area contributed by atoms with E-state index in [2.05, 4.69) is 71.9 Å². The molecule has 1 atom stereocenters. The van der Waals surface area contributed by atoms with Crippen molar-refractivity contribution in [2.45, 2.75) is 45.7 Å². The first-order valence-electron chi connectivity index (χ1n) is 10.6. The lowest BCUT2D eigenvalue weighted by Crippen LogP contribution is -2.23. The van der Waals surface area contributed by atoms with Gasteiger partial charge in [-0.05, 0) is 49.9 Å². The van der Waals surface area contributed by atoms with Gasteiger partial charge in [0.25, 0.3) is 0 Å². The fraction of sp³-hybridized carbons (Fsp3) is 0.333. The van der Waals surface area contributed by atoms with E-state index in [0.29, 0.717) is 6.04 Å². The van der Waals surface area contributed by atoms with Gasteiger partial charge in [0.1, 0.15) is 11.5 Å². The van der Waals surface area contributed by atoms with Crippen molar-refractivity contribution in [3.63, 3.8) is 0 Å². The van der Waals surface area contributed by atoms with Crippen LogP contribution in [0, 0.1) is 6.92 Å². The second-order valence-electron chi connectivity index (χ2n) is 7.85. The maximum atomic E-state index is 5.61. The van der Waals surface area contributed by atoms with Crippen LogP contribution in [0.4, 0.5) is 0 Å². The van der Waals surface area contributed by atoms with Gasteiger partial charge >= 0.3 is 0 Å². The fourth-order valence-corrected chi connectivity index (χ4v) is 5.27. The molecule has 0 unspecified atom stereocenters. The third kappa shape index (κ3) is 3.50. The minimum Gasteiger partial charge on any atom is -0.361 e. The van der Waals surface area contributed by atoms with Crippen molar-refractivity contribution in [1.82, 2.24) is 19.8 Å². The average molecular weight is 419 g/mol. The molecule has 154 valence electrons. The third-order valence-corrected chi connectivity index (χ3v) is 6.82. The summed E-state index contributed by atoms with van der Waals surface area (Å²) in [6.45, 7) is 6.16. The monoisotopic (exact) mass is 418 g/mol. The number of nitrogens with zero attached hydrogens (tertiary/aromatic N) is 4. The molecule has 0 bridgehead atoms. The van der Waals surface area contributed by atoms with Gasteiger partial charge in [0.2, 0.25) is 0 Å². The highest BCUT2D eigenvalue weighted by molar-refractivity contribution is 7.13. The quantitative estimate of drug-likeness (QED) is 0.397. The Kier molecular flexibility index (Phi) is 5.27. The van der Waals surface area contributed by atoms with Gasteiger partial charge in [0.15, 0.2) is 0 Å². The Hall–Kier alpha value is -2.70. The Labute approximate surface area is 180 Å². The van der Waals surface area contributed by atoms with Gasteiger partial charge in [0.05, 0.1) is 16.3 Å². The minimum atomic E-state index is 0.363. The number of benzene rings is 1. The number of thiophene rings is 1. The normalized spacial score (nSPS) is 17.1. The van der Waals surface area contributed by atoms with Crippen molar-refractivity contribution in [3.05, 3.63) is 76.6 Å². The van der Waals surface area contributed by atoms with Gasteiger partial charge in [0, 0.05) is 36.3 Å². The Morgan fingerprint density at radius 1 is 1.17 bits per heavy atom. The molecule has 1 aromatic carbocycles. The molecular formula is C24H26N4OS. The van der Waals surface area contributed by atoms with E-state index in [-0.39, 0.29) is 0 Å². The molecule has 1 aliphatic heterocycles. The van der Waals surface area contributed by atoms with E-state index >= 15 is 0 Å². The Morgan fingerprint density at radius 3 is 2.80 bits per heavy atom. The highest BCUT2D eigenvalue weighted by Gasteiger charge is 2.32. The lowest BCUT2D eigenvalue weighted by atomic mass is 10.0. The molecular weight excluding hydrogens is 392 g/mol. The Bertz CT molecular complexity index is 1110. The minimum absolute atomic E-state index is 0.363. The van der Waals surface area contributed by atoms with Gasteiger partial charge in [-0.1, -0.05) is 36.3 Å². The molecule has 0 saturated carbocycles. The zero-order valence-corrected chi connectivity index (χ0v) is 18.2. The third-order valence-electron chi connectivity index (χ3n) is 5.94. The molecule has 0 aliphatic carbocycles. The van der Waals surface area contributed by atoms with Crippen LogP contribution in [-0.2, 0) is 13.0 Å². The van der Waals surface area contributed by atoms with E-state index in [1.165, 1.54) is 22.4 Å². The lowest BCUT2D eigenvalue weighted by molar-refractivity contribution is 0.245. The zero-order valence-electron chi connectivity index (χ0n) is 17.4. The van der Waals surface area contributed by atoms with Gasteiger partial charge in [-0.15, -0.1) is 11.3 Å². The van der Waals surface area contributed by atoms with Crippen LogP contribution in [0.15, 0.2) is 58.6 Å². The van der Waals surface area contributed by atoms with E-state index in [0.717, 1.165) is 48.8 Å². The summed E-state index contributed by atoms with van der Waals surface area (Å²) in [5.74, 6) is 1.03. The predicted molar refractivity (Wildman–Crippen MR) is 120 cm³/mol. The summed E-state index contributed by atoms with van der Waals surface area (Å²) < 4.78 is 7.62. The molecule has 4 aromatic rings. The smallest absolute Gasteiger partial charge is 0.141 e. The summed E-state index contributed by atoms with van der Waals surface area (Å²) in [4.78, 5) is 3.79. The number of aryl methyl sites for hydroxylation is 2. The molecule has 5 nitrogen and oxygen atoms in total. The molecule has 1 aliphatic rings. The first-order valence-corrected chi connectivity index (χ1v) is 11.5. The molecule has 1 fully saturated rings. The summed E-state index contributed by atoms with van der Waals surface area (Å²) >= 11 is 1.74. The van der Waals surface area contributed by atoms with E-state index in [1.54, 1.807) is 11.3 Å². The van der Waals surface area contributed by atoms with Crippen molar-refractivity contribution >= 4 is 11.3 Å². The summed E-state index contributed by atoms with van der Waals surface area (Å²) in [7, 11) is 0. The maximum Gasteiger partial charge on any atom is 0.141 e.